The van der Waals surface area contributed by atoms with Crippen molar-refractivity contribution in [2.75, 3.05) is 24.5 Å². The molecule has 0 saturated carbocycles. The number of likely N-dealkylation sites (tertiary alicyclic amines) is 1. The van der Waals surface area contributed by atoms with E-state index >= 15 is 0 Å². The number of carbonyl (C=O) groups is 2. The number of piperidine rings is 1. The number of nitrogens with zero attached hydrogens (tertiary/aromatic N) is 3. The second-order valence-corrected chi connectivity index (χ2v) is 12.0. The average Bonchev–Trinajstić information content (AvgIpc) is 2.96. The van der Waals surface area contributed by atoms with Gasteiger partial charge in [-0.3, -0.25) is 14.6 Å². The molecule has 3 aromatic rings. The summed E-state index contributed by atoms with van der Waals surface area (Å²) in [6.45, 7) is 15.6. The third-order valence-corrected chi connectivity index (χ3v) is 8.43. The number of hydrogen-bond donors (Lipinski definition) is 2. The maximum atomic E-state index is 13.1. The van der Waals surface area contributed by atoms with Gasteiger partial charge in [0.15, 0.2) is 0 Å². The molecule has 2 amide bonds. The summed E-state index contributed by atoms with van der Waals surface area (Å²) in [7, 11) is 0. The molecule has 0 unspecified atom stereocenters. The Morgan fingerprint density at radius 1 is 0.952 bits per heavy atom. The van der Waals surface area contributed by atoms with E-state index in [-0.39, 0.29) is 17.9 Å². The van der Waals surface area contributed by atoms with E-state index in [9.17, 15) is 9.59 Å². The summed E-state index contributed by atoms with van der Waals surface area (Å²) in [6, 6.07) is 17.3. The molecule has 4 rings (SSSR count). The maximum Gasteiger partial charge on any atom is 0.251 e. The summed E-state index contributed by atoms with van der Waals surface area (Å²) < 4.78 is 0. The van der Waals surface area contributed by atoms with Gasteiger partial charge in [0.05, 0.1) is 0 Å². The summed E-state index contributed by atoms with van der Waals surface area (Å²) in [5.74, 6) is -0.184. The minimum Gasteiger partial charge on any atom is -0.364 e. The molecule has 1 fully saturated rings. The minimum absolute atomic E-state index is 0.0628. The fourth-order valence-electron chi connectivity index (χ4n) is 6.00. The highest BCUT2D eigenvalue weighted by molar-refractivity contribution is 6.00. The Kier molecular flexibility index (Phi) is 10.7. The van der Waals surface area contributed by atoms with Crippen LogP contribution in [-0.4, -0.2) is 59.5 Å². The summed E-state index contributed by atoms with van der Waals surface area (Å²) in [5.41, 5.74) is 6.70. The zero-order valence-electron chi connectivity index (χ0n) is 26.1. The van der Waals surface area contributed by atoms with Crippen LogP contribution in [0.5, 0.6) is 0 Å². The van der Waals surface area contributed by atoms with Crippen LogP contribution in [0, 0.1) is 20.8 Å². The molecule has 2 heterocycles. The predicted octanol–water partition coefficient (Wildman–Crippen LogP) is 5.82. The lowest BCUT2D eigenvalue weighted by molar-refractivity contribution is 0.0930. The number of pyridine rings is 1. The molecule has 2 N–H and O–H groups in total. The largest absolute Gasteiger partial charge is 0.364 e. The zero-order chi connectivity index (χ0) is 30.2. The minimum atomic E-state index is -0.111. The van der Waals surface area contributed by atoms with E-state index in [1.54, 1.807) is 12.1 Å². The number of anilines is 1. The van der Waals surface area contributed by atoms with Gasteiger partial charge in [-0.15, -0.1) is 0 Å². The van der Waals surface area contributed by atoms with Gasteiger partial charge in [-0.2, -0.15) is 0 Å². The van der Waals surface area contributed by atoms with E-state index in [1.165, 1.54) is 16.8 Å². The van der Waals surface area contributed by atoms with Crippen molar-refractivity contribution < 1.29 is 9.59 Å². The third kappa shape index (κ3) is 7.97. The van der Waals surface area contributed by atoms with E-state index < -0.39 is 0 Å². The average molecular weight is 570 g/mol. The number of nitrogens with one attached hydrogen (secondary N) is 2. The van der Waals surface area contributed by atoms with E-state index in [0.717, 1.165) is 50.0 Å². The lowest BCUT2D eigenvalue weighted by atomic mass is 9.97. The Balaban J connectivity index is 1.30. The number of para-hydroxylation sites is 1. The van der Waals surface area contributed by atoms with Gasteiger partial charge in [0, 0.05) is 73.5 Å². The van der Waals surface area contributed by atoms with E-state index in [1.807, 2.05) is 40.1 Å². The van der Waals surface area contributed by atoms with Crippen molar-refractivity contribution in [3.63, 3.8) is 0 Å². The van der Waals surface area contributed by atoms with Crippen LogP contribution in [-0.2, 0) is 6.54 Å². The number of amides is 2. The van der Waals surface area contributed by atoms with Gasteiger partial charge in [0.25, 0.3) is 11.8 Å². The third-order valence-electron chi connectivity index (χ3n) is 8.43. The van der Waals surface area contributed by atoms with Crippen LogP contribution < -0.4 is 15.5 Å². The van der Waals surface area contributed by atoms with E-state index in [0.29, 0.717) is 29.8 Å². The van der Waals surface area contributed by atoms with Crippen LogP contribution in [0.25, 0.3) is 0 Å². The van der Waals surface area contributed by atoms with Gasteiger partial charge in [-0.25, -0.2) is 0 Å². The van der Waals surface area contributed by atoms with E-state index in [4.69, 9.17) is 0 Å². The summed E-state index contributed by atoms with van der Waals surface area (Å²) >= 11 is 0. The van der Waals surface area contributed by atoms with Crippen LogP contribution in [0.15, 0.2) is 60.9 Å². The van der Waals surface area contributed by atoms with Crippen LogP contribution >= 0.6 is 0 Å². The smallest absolute Gasteiger partial charge is 0.251 e. The second-order valence-electron chi connectivity index (χ2n) is 12.0. The highest BCUT2D eigenvalue weighted by Crippen LogP contribution is 2.27. The Labute approximate surface area is 251 Å². The summed E-state index contributed by atoms with van der Waals surface area (Å²) in [6.07, 6.45) is 6.94. The first-order valence-corrected chi connectivity index (χ1v) is 15.3. The molecule has 1 saturated heterocycles. The van der Waals surface area contributed by atoms with E-state index in [2.05, 4.69) is 75.7 Å². The topological polar surface area (TPSA) is 77.6 Å². The molecule has 2 aromatic carbocycles. The van der Waals surface area contributed by atoms with Gasteiger partial charge in [0.1, 0.15) is 0 Å². The Bertz CT molecular complexity index is 1330. The molecule has 0 bridgehead atoms. The Morgan fingerprint density at radius 2 is 1.62 bits per heavy atom. The normalized spacial score (nSPS) is 14.9. The van der Waals surface area contributed by atoms with Crippen LogP contribution in [0.4, 0.5) is 5.69 Å². The number of aryl methyl sites for hydroxylation is 3. The highest BCUT2D eigenvalue weighted by atomic mass is 16.2. The summed E-state index contributed by atoms with van der Waals surface area (Å²) in [5, 5.41) is 6.05. The monoisotopic (exact) mass is 569 g/mol. The first-order valence-electron chi connectivity index (χ1n) is 15.3. The molecule has 42 heavy (non-hydrogen) atoms. The van der Waals surface area contributed by atoms with Crippen molar-refractivity contribution in [3.05, 3.63) is 94.3 Å². The lowest BCUT2D eigenvalue weighted by Gasteiger charge is -2.42. The molecule has 7 nitrogen and oxygen atoms in total. The zero-order valence-corrected chi connectivity index (χ0v) is 26.1. The molecular weight excluding hydrogens is 522 g/mol. The fraction of sp³-hybridized carbons (Fsp3) is 0.457. The molecular formula is C35H47N5O2. The number of aromatic nitrogens is 1. The molecule has 1 aliphatic heterocycles. The number of benzene rings is 2. The standard InChI is InChI=1S/C35H47N5O2/c1-24(2)38-34(41)29-20-26(4)33(27(5)21-29)35(42)37-17-13-28(6)39-18-14-32(15-19-39)40(31-10-8-7-9-11-31)23-30-22-36-16-12-25(30)3/h7-12,16,20-22,24,28,32H,13-15,17-19,23H2,1-6H3,(H,37,42)(H,38,41)/t28-/m1/s1. The van der Waals surface area contributed by atoms with Crippen molar-refractivity contribution in [2.24, 2.45) is 0 Å². The Hall–Kier alpha value is -3.71. The van der Waals surface area contributed by atoms with Crippen LogP contribution in [0.2, 0.25) is 0 Å². The van der Waals surface area contributed by atoms with Crippen molar-refractivity contribution in [1.29, 1.82) is 0 Å². The van der Waals surface area contributed by atoms with Crippen molar-refractivity contribution in [1.82, 2.24) is 20.5 Å². The van der Waals surface area contributed by atoms with Crippen LogP contribution in [0.3, 0.4) is 0 Å². The van der Waals surface area contributed by atoms with Gasteiger partial charge < -0.3 is 20.4 Å². The fourth-order valence-corrected chi connectivity index (χ4v) is 6.00. The molecule has 0 spiro atoms. The van der Waals surface area contributed by atoms with Crippen molar-refractivity contribution in [3.8, 4) is 0 Å². The van der Waals surface area contributed by atoms with Crippen LogP contribution in [0.1, 0.15) is 83.0 Å². The number of hydrogen-bond acceptors (Lipinski definition) is 5. The van der Waals surface area contributed by atoms with Gasteiger partial charge in [0.2, 0.25) is 0 Å². The number of rotatable bonds is 11. The molecule has 0 aliphatic carbocycles. The quantitative estimate of drug-likeness (QED) is 0.304. The second kappa shape index (κ2) is 14.5. The highest BCUT2D eigenvalue weighted by Gasteiger charge is 2.27. The number of carbonyl (C=O) groups excluding carboxylic acids is 2. The molecule has 1 atom stereocenters. The molecule has 0 radical (unpaired) electrons. The first kappa shape index (κ1) is 31.2. The molecule has 1 aliphatic rings. The Morgan fingerprint density at radius 3 is 2.24 bits per heavy atom. The van der Waals surface area contributed by atoms with Gasteiger partial charge in [-0.05, 0) is 113 Å². The van der Waals surface area contributed by atoms with Crippen molar-refractivity contribution >= 4 is 17.5 Å². The molecule has 7 heteroatoms. The SMILES string of the molecule is Cc1ccncc1CN(c1ccccc1)C1CCN([C@H](C)CCNC(=O)c2c(C)cc(C(=O)NC(C)C)cc2C)CC1. The maximum absolute atomic E-state index is 13.1. The lowest BCUT2D eigenvalue weighted by Crippen LogP contribution is -2.48. The predicted molar refractivity (Wildman–Crippen MR) is 171 cm³/mol. The van der Waals surface area contributed by atoms with Gasteiger partial charge >= 0.3 is 0 Å². The molecule has 1 aromatic heterocycles. The molecule has 224 valence electrons. The van der Waals surface area contributed by atoms with Gasteiger partial charge in [-0.1, -0.05) is 18.2 Å². The van der Waals surface area contributed by atoms with Crippen molar-refractivity contribution in [2.45, 2.75) is 85.5 Å². The first-order chi connectivity index (χ1) is 20.1. The summed E-state index contributed by atoms with van der Waals surface area (Å²) in [4.78, 5) is 35.0.